The molecule has 6 nitrogen and oxygen atoms in total. The van der Waals surface area contributed by atoms with Crippen LogP contribution in [0.3, 0.4) is 0 Å². The van der Waals surface area contributed by atoms with E-state index in [2.05, 4.69) is 17.1 Å². The normalized spacial score (nSPS) is 14.9. The smallest absolute Gasteiger partial charge is 0.303 e. The fraction of sp³-hybridized carbons (Fsp3) is 0.200. The first kappa shape index (κ1) is 22.9. The number of carboxylic acid groups (broad SMARTS) is 1. The third-order valence-corrected chi connectivity index (χ3v) is 6.66. The quantitative estimate of drug-likeness (QED) is 0.237. The van der Waals surface area contributed by atoms with Gasteiger partial charge in [0.05, 0.1) is 16.3 Å². The largest absolute Gasteiger partial charge is 0.481 e. The molecule has 3 heterocycles. The molecule has 33 heavy (non-hydrogen) atoms. The van der Waals surface area contributed by atoms with Gasteiger partial charge >= 0.3 is 5.97 Å². The monoisotopic (exact) mass is 477 g/mol. The Labute approximate surface area is 201 Å². The van der Waals surface area contributed by atoms with E-state index in [0.717, 1.165) is 35.4 Å². The Bertz CT molecular complexity index is 1190. The van der Waals surface area contributed by atoms with Crippen LogP contribution in [0, 0.1) is 0 Å². The summed E-state index contributed by atoms with van der Waals surface area (Å²) in [5.41, 5.74) is 4.69. The van der Waals surface area contributed by atoms with Gasteiger partial charge in [0, 0.05) is 30.4 Å². The average molecular weight is 478 g/mol. The first-order valence-corrected chi connectivity index (χ1v) is 11.9. The molecule has 0 aliphatic carbocycles. The Kier molecular flexibility index (Phi) is 7.36. The fourth-order valence-electron chi connectivity index (χ4n) is 3.57. The van der Waals surface area contributed by atoms with Gasteiger partial charge in [-0.2, -0.15) is 0 Å². The van der Waals surface area contributed by atoms with Crippen LogP contribution in [0.4, 0.5) is 0 Å². The summed E-state index contributed by atoms with van der Waals surface area (Å²) in [5, 5.41) is 8.72. The number of amides is 1. The van der Waals surface area contributed by atoms with E-state index >= 15 is 0 Å². The van der Waals surface area contributed by atoms with Crippen LogP contribution in [0.2, 0.25) is 0 Å². The molecule has 0 unspecified atom stereocenters. The molecule has 2 N–H and O–H groups in total. The molecule has 0 bridgehead atoms. The van der Waals surface area contributed by atoms with Crippen molar-refractivity contribution in [3.05, 3.63) is 71.4 Å². The molecule has 1 fully saturated rings. The molecule has 2 aromatic heterocycles. The number of aromatic amines is 1. The molecule has 0 atom stereocenters. The maximum Gasteiger partial charge on any atom is 0.303 e. The van der Waals surface area contributed by atoms with Crippen molar-refractivity contribution in [3.8, 4) is 22.5 Å². The summed E-state index contributed by atoms with van der Waals surface area (Å²) in [4.78, 5) is 33.5. The summed E-state index contributed by atoms with van der Waals surface area (Å²) in [7, 11) is 0. The van der Waals surface area contributed by atoms with Gasteiger partial charge < -0.3 is 10.1 Å². The Morgan fingerprint density at radius 2 is 1.85 bits per heavy atom. The molecule has 1 saturated heterocycles. The molecule has 1 aliphatic heterocycles. The number of thiocarbonyl (C=S) groups is 1. The molecule has 0 saturated carbocycles. The molecule has 4 rings (SSSR count). The van der Waals surface area contributed by atoms with Crippen molar-refractivity contribution < 1.29 is 14.7 Å². The third-order valence-electron chi connectivity index (χ3n) is 5.29. The number of pyridine rings is 1. The zero-order valence-corrected chi connectivity index (χ0v) is 19.5. The number of benzene rings is 1. The number of H-pyrrole nitrogens is 1. The molecule has 1 aliphatic rings. The van der Waals surface area contributed by atoms with Crippen LogP contribution in [0.15, 0.2) is 65.7 Å². The number of aliphatic carboxylic acids is 1. The maximum absolute atomic E-state index is 12.8. The number of thioether (sulfide) groups is 1. The Hall–Kier alpha value is -3.23. The highest BCUT2D eigenvalue weighted by molar-refractivity contribution is 8.26. The van der Waals surface area contributed by atoms with Crippen LogP contribution in [-0.2, 0) is 9.59 Å². The Balaban J connectivity index is 1.43. The minimum absolute atomic E-state index is 0.120. The van der Waals surface area contributed by atoms with Crippen molar-refractivity contribution in [1.29, 1.82) is 0 Å². The van der Waals surface area contributed by atoms with E-state index < -0.39 is 5.97 Å². The second-order valence-corrected chi connectivity index (χ2v) is 9.32. The third kappa shape index (κ3) is 5.77. The number of hydrogen-bond acceptors (Lipinski definition) is 5. The van der Waals surface area contributed by atoms with Gasteiger partial charge in [-0.15, -0.1) is 0 Å². The van der Waals surface area contributed by atoms with E-state index in [1.54, 1.807) is 11.0 Å². The molecular weight excluding hydrogens is 454 g/mol. The van der Waals surface area contributed by atoms with Crippen LogP contribution >= 0.6 is 24.0 Å². The van der Waals surface area contributed by atoms with Gasteiger partial charge in [0.25, 0.3) is 5.91 Å². The molecule has 0 spiro atoms. The zero-order valence-electron chi connectivity index (χ0n) is 17.9. The lowest BCUT2D eigenvalue weighted by molar-refractivity contribution is -0.137. The number of carbonyl (C=O) groups excluding carboxylic acids is 1. The van der Waals surface area contributed by atoms with E-state index in [1.165, 1.54) is 11.8 Å². The number of carbonyl (C=O) groups is 2. The zero-order chi connectivity index (χ0) is 23.2. The minimum Gasteiger partial charge on any atom is -0.481 e. The van der Waals surface area contributed by atoms with Crippen LogP contribution in [0.25, 0.3) is 28.6 Å². The van der Waals surface area contributed by atoms with Crippen molar-refractivity contribution in [1.82, 2.24) is 14.9 Å². The van der Waals surface area contributed by atoms with E-state index in [1.807, 2.05) is 48.7 Å². The molecular formula is C25H23N3O3S2. The Morgan fingerprint density at radius 1 is 1.06 bits per heavy atom. The molecule has 0 radical (unpaired) electrons. The van der Waals surface area contributed by atoms with Crippen molar-refractivity contribution in [2.24, 2.45) is 0 Å². The topological polar surface area (TPSA) is 86.3 Å². The summed E-state index contributed by atoms with van der Waals surface area (Å²) >= 11 is 6.67. The minimum atomic E-state index is -0.797. The number of aromatic nitrogens is 2. The predicted molar refractivity (Wildman–Crippen MR) is 135 cm³/mol. The second kappa shape index (κ2) is 10.6. The van der Waals surface area contributed by atoms with Crippen LogP contribution in [-0.4, -0.2) is 42.7 Å². The van der Waals surface area contributed by atoms with Crippen molar-refractivity contribution in [3.63, 3.8) is 0 Å². The number of hydrogen-bond donors (Lipinski definition) is 2. The number of nitrogens with zero attached hydrogens (tertiary/aromatic N) is 2. The lowest BCUT2D eigenvalue weighted by atomic mass is 10.1. The molecule has 1 amide bonds. The van der Waals surface area contributed by atoms with Gasteiger partial charge in [-0.25, -0.2) is 4.98 Å². The summed E-state index contributed by atoms with van der Waals surface area (Å²) in [6, 6.07) is 17.9. The van der Waals surface area contributed by atoms with Gasteiger partial charge in [0.1, 0.15) is 4.32 Å². The highest BCUT2D eigenvalue weighted by atomic mass is 32.2. The SMILES string of the molecule is O=C(O)CCCCCN1C(=O)/C(=C/c2cccc(-c3ccc(-c4ccc[nH]4)cc3)n2)SC1=S. The van der Waals surface area contributed by atoms with E-state index in [0.29, 0.717) is 27.9 Å². The van der Waals surface area contributed by atoms with E-state index in [4.69, 9.17) is 22.3 Å². The van der Waals surface area contributed by atoms with Gasteiger partial charge in [-0.3, -0.25) is 14.5 Å². The number of unbranched alkanes of at least 4 members (excludes halogenated alkanes) is 2. The summed E-state index contributed by atoms with van der Waals surface area (Å²) in [6.45, 7) is 0.502. The van der Waals surface area contributed by atoms with Gasteiger partial charge in [0.2, 0.25) is 0 Å². The number of rotatable bonds is 9. The van der Waals surface area contributed by atoms with Gasteiger partial charge in [-0.05, 0) is 48.7 Å². The molecule has 1 aromatic carbocycles. The summed E-state index contributed by atoms with van der Waals surface area (Å²) in [5.74, 6) is -0.916. The lowest BCUT2D eigenvalue weighted by Gasteiger charge is -2.13. The van der Waals surface area contributed by atoms with E-state index in [9.17, 15) is 9.59 Å². The fourth-order valence-corrected chi connectivity index (χ4v) is 4.87. The molecule has 3 aromatic rings. The number of nitrogens with one attached hydrogen (secondary N) is 1. The predicted octanol–water partition coefficient (Wildman–Crippen LogP) is 5.59. The van der Waals surface area contributed by atoms with Crippen LogP contribution < -0.4 is 0 Å². The van der Waals surface area contributed by atoms with Gasteiger partial charge in [-0.1, -0.05) is 60.7 Å². The Morgan fingerprint density at radius 3 is 2.58 bits per heavy atom. The van der Waals surface area contributed by atoms with Crippen LogP contribution in [0.5, 0.6) is 0 Å². The van der Waals surface area contributed by atoms with Crippen molar-refractivity contribution in [2.75, 3.05) is 6.54 Å². The second-order valence-electron chi connectivity index (χ2n) is 7.65. The molecule has 8 heteroatoms. The number of carboxylic acids is 1. The van der Waals surface area contributed by atoms with Crippen molar-refractivity contribution in [2.45, 2.75) is 25.7 Å². The maximum atomic E-state index is 12.8. The van der Waals surface area contributed by atoms with E-state index in [-0.39, 0.29) is 12.3 Å². The summed E-state index contributed by atoms with van der Waals surface area (Å²) < 4.78 is 0.528. The standard InChI is InChI=1S/C25H23N3O3S2/c29-23(30)9-2-1-3-15-28-24(31)22(33-25(28)32)16-19-6-4-7-21(27-19)18-12-10-17(11-13-18)20-8-5-14-26-20/h4-8,10-14,16,26H,1-3,9,15H2,(H,29,30)/b22-16-. The highest BCUT2D eigenvalue weighted by Crippen LogP contribution is 2.33. The average Bonchev–Trinajstić information content (AvgIpc) is 3.43. The first-order valence-electron chi connectivity index (χ1n) is 10.7. The van der Waals surface area contributed by atoms with Crippen LogP contribution in [0.1, 0.15) is 31.4 Å². The summed E-state index contributed by atoms with van der Waals surface area (Å²) in [6.07, 6.45) is 5.89. The first-order chi connectivity index (χ1) is 16.0. The highest BCUT2D eigenvalue weighted by Gasteiger charge is 2.31. The van der Waals surface area contributed by atoms with Gasteiger partial charge in [0.15, 0.2) is 0 Å². The molecule has 168 valence electrons. The lowest BCUT2D eigenvalue weighted by Crippen LogP contribution is -2.29. The van der Waals surface area contributed by atoms with Crippen molar-refractivity contribution >= 4 is 46.3 Å².